The summed E-state index contributed by atoms with van der Waals surface area (Å²) in [6.07, 6.45) is 72.1. The molecule has 0 spiro atoms. The fraction of sp³-hybridized carbons (Fsp3) is 0.958. The SMILES string of the molecule is CCCCCCCCCCCCCCCCCCCCCCCCCCCCCCCCCCCCCCC(=O)OC(COC(=O)CCCCCCCCCCCCCCCCCCCCC)COC(OCC[N+](C)(C)C)C(=O)[O-]. The molecule has 0 saturated heterocycles. The van der Waals surface area contributed by atoms with E-state index in [0.717, 1.165) is 38.5 Å². The van der Waals surface area contributed by atoms with Crippen molar-refractivity contribution in [3.8, 4) is 0 Å². The van der Waals surface area contributed by atoms with Gasteiger partial charge in [0.1, 0.15) is 13.2 Å². The van der Waals surface area contributed by atoms with Gasteiger partial charge in [0.2, 0.25) is 0 Å². The number of nitrogens with zero attached hydrogens (tertiary/aromatic N) is 1. The van der Waals surface area contributed by atoms with Gasteiger partial charge in [-0.15, -0.1) is 0 Å². The smallest absolute Gasteiger partial charge is 0.306 e. The molecule has 2 unspecified atom stereocenters. The van der Waals surface area contributed by atoms with Crippen LogP contribution >= 0.6 is 0 Å². The summed E-state index contributed by atoms with van der Waals surface area (Å²) in [4.78, 5) is 37.4. The number of aliphatic carboxylic acids is 1. The number of unbranched alkanes of at least 4 members (excludes halogenated alkanes) is 53. The van der Waals surface area contributed by atoms with Gasteiger partial charge in [-0.3, -0.25) is 9.59 Å². The summed E-state index contributed by atoms with van der Waals surface area (Å²) >= 11 is 0. The maximum atomic E-state index is 12.9. The van der Waals surface area contributed by atoms with Crippen LogP contribution in [0.25, 0.3) is 0 Å². The minimum Gasteiger partial charge on any atom is -0.545 e. The molecule has 9 heteroatoms. The van der Waals surface area contributed by atoms with Gasteiger partial charge >= 0.3 is 11.9 Å². The first-order chi connectivity index (χ1) is 39.1. The molecule has 9 nitrogen and oxygen atoms in total. The third-order valence-electron chi connectivity index (χ3n) is 16.6. The molecule has 0 amide bonds. The van der Waals surface area contributed by atoms with E-state index < -0.39 is 24.3 Å². The van der Waals surface area contributed by atoms with Crippen molar-refractivity contribution in [1.29, 1.82) is 0 Å². The number of esters is 2. The molecule has 0 N–H and O–H groups in total. The van der Waals surface area contributed by atoms with E-state index in [-0.39, 0.29) is 32.2 Å². The van der Waals surface area contributed by atoms with E-state index in [0.29, 0.717) is 17.4 Å². The van der Waals surface area contributed by atoms with Crippen molar-refractivity contribution >= 4 is 17.9 Å². The lowest BCUT2D eigenvalue weighted by atomic mass is 10.0. The highest BCUT2D eigenvalue weighted by Crippen LogP contribution is 2.20. The molecule has 0 aromatic heterocycles. The van der Waals surface area contributed by atoms with E-state index in [1.54, 1.807) is 0 Å². The highest BCUT2D eigenvalue weighted by atomic mass is 16.7. The van der Waals surface area contributed by atoms with Crippen molar-refractivity contribution in [3.05, 3.63) is 0 Å². The van der Waals surface area contributed by atoms with E-state index in [1.165, 1.54) is 315 Å². The van der Waals surface area contributed by atoms with Crippen LogP contribution in [0.5, 0.6) is 0 Å². The van der Waals surface area contributed by atoms with Crippen LogP contribution in [-0.2, 0) is 33.3 Å². The Bertz CT molecular complexity index is 1270. The fourth-order valence-electron chi connectivity index (χ4n) is 11.1. The minimum absolute atomic E-state index is 0.154. The molecule has 0 saturated carbocycles. The Labute approximate surface area is 498 Å². The second-order valence-electron chi connectivity index (χ2n) is 25.9. The zero-order chi connectivity index (χ0) is 58.3. The molecular formula is C71H139NO8. The van der Waals surface area contributed by atoms with Gasteiger partial charge in [0, 0.05) is 12.8 Å². The molecule has 0 radical (unpaired) electrons. The van der Waals surface area contributed by atoms with Crippen LogP contribution in [0, 0.1) is 0 Å². The maximum Gasteiger partial charge on any atom is 0.306 e. The van der Waals surface area contributed by atoms with Gasteiger partial charge in [0.25, 0.3) is 0 Å². The van der Waals surface area contributed by atoms with E-state index in [9.17, 15) is 19.5 Å². The number of ether oxygens (including phenoxy) is 4. The van der Waals surface area contributed by atoms with E-state index >= 15 is 0 Å². The predicted octanol–water partition coefficient (Wildman–Crippen LogP) is 20.5. The Morgan fingerprint density at radius 2 is 0.562 bits per heavy atom. The lowest BCUT2D eigenvalue weighted by Gasteiger charge is -2.26. The zero-order valence-corrected chi connectivity index (χ0v) is 54.5. The van der Waals surface area contributed by atoms with Gasteiger partial charge in [0.15, 0.2) is 12.4 Å². The zero-order valence-electron chi connectivity index (χ0n) is 54.5. The number of likely N-dealkylation sites (N-methyl/N-ethyl adjacent to an activating group) is 1. The number of hydrogen-bond acceptors (Lipinski definition) is 8. The molecule has 0 aliphatic carbocycles. The molecule has 0 aromatic carbocycles. The first-order valence-electron chi connectivity index (χ1n) is 35.7. The lowest BCUT2D eigenvalue weighted by molar-refractivity contribution is -0.870. The summed E-state index contributed by atoms with van der Waals surface area (Å²) in [6, 6.07) is 0. The number of carboxylic acids is 1. The topological polar surface area (TPSA) is 111 Å². The number of hydrogen-bond donors (Lipinski definition) is 0. The molecule has 0 heterocycles. The van der Waals surface area contributed by atoms with Crippen LogP contribution in [0.15, 0.2) is 0 Å². The summed E-state index contributed by atoms with van der Waals surface area (Å²) < 4.78 is 22.8. The monoisotopic (exact) mass is 1130 g/mol. The molecule has 0 aliphatic rings. The minimum atomic E-state index is -1.62. The largest absolute Gasteiger partial charge is 0.545 e. The highest BCUT2D eigenvalue weighted by molar-refractivity contribution is 5.70. The van der Waals surface area contributed by atoms with Crippen molar-refractivity contribution < 1.29 is 42.9 Å². The van der Waals surface area contributed by atoms with Crippen LogP contribution in [-0.4, -0.2) is 82.3 Å². The van der Waals surface area contributed by atoms with Crippen molar-refractivity contribution in [3.63, 3.8) is 0 Å². The summed E-state index contributed by atoms with van der Waals surface area (Å²) in [7, 11) is 5.95. The van der Waals surface area contributed by atoms with E-state index in [2.05, 4.69) is 13.8 Å². The molecular weight excluding hydrogens is 995 g/mol. The summed E-state index contributed by atoms with van der Waals surface area (Å²) in [5, 5.41) is 11.8. The second kappa shape index (κ2) is 63.3. The third-order valence-corrected chi connectivity index (χ3v) is 16.6. The second-order valence-corrected chi connectivity index (χ2v) is 25.9. The van der Waals surface area contributed by atoms with Crippen molar-refractivity contribution in [2.24, 2.45) is 0 Å². The average Bonchev–Trinajstić information content (AvgIpc) is 3.43. The Kier molecular flexibility index (Phi) is 62.0. The Morgan fingerprint density at radius 3 is 0.800 bits per heavy atom. The van der Waals surface area contributed by atoms with Crippen LogP contribution in [0.1, 0.15) is 380 Å². The number of carboxylic acid groups (broad SMARTS) is 1. The van der Waals surface area contributed by atoms with Gasteiger partial charge < -0.3 is 33.3 Å². The number of carbonyl (C=O) groups excluding carboxylic acids is 3. The standard InChI is InChI=1S/C71H139NO8/c1-6-8-10-12-14-16-18-20-22-24-26-27-28-29-30-31-32-33-34-35-36-37-38-39-40-41-42-44-46-48-50-52-54-56-58-60-62-69(74)80-67(66-79-71(70(75)76)77-64-63-72(3,4)5)65-78-68(73)61-59-57-55-53-51-49-47-45-43-25-23-21-19-17-15-13-11-9-7-2/h67,71H,6-66H2,1-5H3. The van der Waals surface area contributed by atoms with Crippen molar-refractivity contribution in [2.75, 3.05) is 47.5 Å². The normalized spacial score (nSPS) is 12.6. The molecule has 0 rings (SSSR count). The van der Waals surface area contributed by atoms with Crippen LogP contribution in [0.2, 0.25) is 0 Å². The molecule has 0 fully saturated rings. The summed E-state index contributed by atoms with van der Waals surface area (Å²) in [6.45, 7) is 4.84. The fourth-order valence-corrected chi connectivity index (χ4v) is 11.1. The molecule has 0 bridgehead atoms. The number of rotatable bonds is 68. The summed E-state index contributed by atoms with van der Waals surface area (Å²) in [5.41, 5.74) is 0. The van der Waals surface area contributed by atoms with Crippen LogP contribution in [0.3, 0.4) is 0 Å². The summed E-state index contributed by atoms with van der Waals surface area (Å²) in [5.74, 6) is -2.24. The molecule has 476 valence electrons. The average molecular weight is 1130 g/mol. The molecule has 0 aromatic rings. The first-order valence-corrected chi connectivity index (χ1v) is 35.7. The van der Waals surface area contributed by atoms with Crippen molar-refractivity contribution in [2.45, 2.75) is 392 Å². The van der Waals surface area contributed by atoms with Gasteiger partial charge in [0.05, 0.1) is 40.3 Å². The number of quaternary nitrogens is 1. The van der Waals surface area contributed by atoms with E-state index in [4.69, 9.17) is 18.9 Å². The van der Waals surface area contributed by atoms with Gasteiger partial charge in [-0.05, 0) is 12.8 Å². The maximum absolute atomic E-state index is 12.9. The first kappa shape index (κ1) is 78.3. The molecule has 2 atom stereocenters. The predicted molar refractivity (Wildman–Crippen MR) is 339 cm³/mol. The Hall–Kier alpha value is -1.71. The Balaban J connectivity index is 3.96. The van der Waals surface area contributed by atoms with Gasteiger partial charge in [-0.2, -0.15) is 0 Å². The molecule has 80 heavy (non-hydrogen) atoms. The van der Waals surface area contributed by atoms with Crippen LogP contribution < -0.4 is 5.11 Å². The van der Waals surface area contributed by atoms with Crippen LogP contribution in [0.4, 0.5) is 0 Å². The third kappa shape index (κ3) is 63.9. The molecule has 0 aliphatic heterocycles. The Morgan fingerprint density at radius 1 is 0.325 bits per heavy atom. The van der Waals surface area contributed by atoms with E-state index in [1.807, 2.05) is 21.1 Å². The van der Waals surface area contributed by atoms with Gasteiger partial charge in [-0.25, -0.2) is 0 Å². The lowest BCUT2D eigenvalue weighted by Crippen LogP contribution is -2.44. The highest BCUT2D eigenvalue weighted by Gasteiger charge is 2.22. The van der Waals surface area contributed by atoms with Gasteiger partial charge in [-0.1, -0.05) is 354 Å². The number of carbonyl (C=O) groups is 3. The van der Waals surface area contributed by atoms with Crippen molar-refractivity contribution in [1.82, 2.24) is 0 Å². The quantitative estimate of drug-likeness (QED) is 0.0256.